The highest BCUT2D eigenvalue weighted by Gasteiger charge is 2.24. The van der Waals surface area contributed by atoms with Crippen LogP contribution in [0.15, 0.2) is 47.4 Å². The molecule has 0 radical (unpaired) electrons. The summed E-state index contributed by atoms with van der Waals surface area (Å²) in [6.07, 6.45) is 1.64. The molecule has 1 aromatic carbocycles. The van der Waals surface area contributed by atoms with Gasteiger partial charge < -0.3 is 14.5 Å². The van der Waals surface area contributed by atoms with Gasteiger partial charge in [0.1, 0.15) is 11.3 Å². The van der Waals surface area contributed by atoms with Crippen molar-refractivity contribution in [2.75, 3.05) is 37.7 Å². The zero-order chi connectivity index (χ0) is 20.4. The minimum absolute atomic E-state index is 0.0384. The molecule has 1 aliphatic rings. The topological polar surface area (TPSA) is 80.6 Å². The number of piperazine rings is 1. The number of amides is 1. The van der Waals surface area contributed by atoms with Gasteiger partial charge in [-0.05, 0) is 36.4 Å². The van der Waals surface area contributed by atoms with Crippen LogP contribution in [-0.2, 0) is 11.8 Å². The summed E-state index contributed by atoms with van der Waals surface area (Å²) in [5.74, 6) is 0.888. The predicted molar refractivity (Wildman–Crippen MR) is 111 cm³/mol. The summed E-state index contributed by atoms with van der Waals surface area (Å²) in [6, 6.07) is 10.5. The van der Waals surface area contributed by atoms with Gasteiger partial charge in [-0.15, -0.1) is 0 Å². The lowest BCUT2D eigenvalue weighted by atomic mass is 10.3. The molecule has 0 unspecified atom stereocenters. The van der Waals surface area contributed by atoms with Crippen molar-refractivity contribution in [3.8, 4) is 5.75 Å². The standard InChI is InChI=1S/C20H20ClN5O3/c1-24-18-16(3-2-8-22-18)23-19(20(24)28)26-11-9-25(10-12-26)17(27)13-29-15-6-4-14(21)5-7-15/h2-8H,9-13H2,1H3. The van der Waals surface area contributed by atoms with E-state index in [1.165, 1.54) is 4.57 Å². The molecule has 2 aromatic heterocycles. The third kappa shape index (κ3) is 4.02. The number of hydrogen-bond acceptors (Lipinski definition) is 6. The Balaban J connectivity index is 1.40. The highest BCUT2D eigenvalue weighted by atomic mass is 35.5. The van der Waals surface area contributed by atoms with Crippen LogP contribution in [0, 0.1) is 0 Å². The molecule has 0 atom stereocenters. The molecule has 1 aliphatic heterocycles. The van der Waals surface area contributed by atoms with Crippen molar-refractivity contribution in [3.63, 3.8) is 0 Å². The Bertz CT molecular complexity index is 1090. The number of benzene rings is 1. The number of aryl methyl sites for hydroxylation is 1. The summed E-state index contributed by atoms with van der Waals surface area (Å²) in [5.41, 5.74) is 1.02. The number of fused-ring (bicyclic) bond motifs is 1. The Morgan fingerprint density at radius 3 is 2.59 bits per heavy atom. The van der Waals surface area contributed by atoms with Crippen molar-refractivity contribution in [2.45, 2.75) is 0 Å². The molecule has 0 bridgehead atoms. The van der Waals surface area contributed by atoms with Crippen molar-refractivity contribution in [2.24, 2.45) is 7.05 Å². The summed E-state index contributed by atoms with van der Waals surface area (Å²) in [4.78, 5) is 37.5. The van der Waals surface area contributed by atoms with Crippen LogP contribution in [0.4, 0.5) is 5.82 Å². The number of aromatic nitrogens is 3. The van der Waals surface area contributed by atoms with E-state index in [1.807, 2.05) is 11.0 Å². The minimum Gasteiger partial charge on any atom is -0.484 e. The van der Waals surface area contributed by atoms with Gasteiger partial charge in [0, 0.05) is 44.4 Å². The molecule has 1 fully saturated rings. The van der Waals surface area contributed by atoms with Crippen LogP contribution in [0.5, 0.6) is 5.75 Å². The lowest BCUT2D eigenvalue weighted by Gasteiger charge is -2.35. The van der Waals surface area contributed by atoms with Crippen LogP contribution in [0.2, 0.25) is 5.02 Å². The molecule has 9 heteroatoms. The maximum Gasteiger partial charge on any atom is 0.294 e. The molecule has 150 valence electrons. The summed E-state index contributed by atoms with van der Waals surface area (Å²) < 4.78 is 7.04. The third-order valence-electron chi connectivity index (χ3n) is 4.91. The number of anilines is 1. The number of ether oxygens (including phenoxy) is 1. The highest BCUT2D eigenvalue weighted by molar-refractivity contribution is 6.30. The van der Waals surface area contributed by atoms with Gasteiger partial charge in [-0.25, -0.2) is 9.97 Å². The monoisotopic (exact) mass is 413 g/mol. The van der Waals surface area contributed by atoms with E-state index in [4.69, 9.17) is 16.3 Å². The van der Waals surface area contributed by atoms with Crippen molar-refractivity contribution in [1.29, 1.82) is 0 Å². The molecule has 8 nitrogen and oxygen atoms in total. The quantitative estimate of drug-likeness (QED) is 0.647. The normalized spacial score (nSPS) is 14.3. The summed E-state index contributed by atoms with van der Waals surface area (Å²) >= 11 is 5.85. The van der Waals surface area contributed by atoms with Crippen molar-refractivity contribution < 1.29 is 9.53 Å². The van der Waals surface area contributed by atoms with Gasteiger partial charge in [-0.2, -0.15) is 0 Å². The first-order valence-corrected chi connectivity index (χ1v) is 9.63. The molecular formula is C20H20ClN5O3. The first-order chi connectivity index (χ1) is 14.0. The van der Waals surface area contributed by atoms with Gasteiger partial charge in [-0.1, -0.05) is 11.6 Å². The van der Waals surface area contributed by atoms with E-state index in [1.54, 1.807) is 48.5 Å². The van der Waals surface area contributed by atoms with Crippen molar-refractivity contribution in [3.05, 3.63) is 58.0 Å². The molecular weight excluding hydrogens is 394 g/mol. The molecule has 0 saturated carbocycles. The first kappa shape index (κ1) is 19.2. The van der Waals surface area contributed by atoms with Crippen molar-refractivity contribution in [1.82, 2.24) is 19.4 Å². The Hall–Kier alpha value is -3.13. The van der Waals surface area contributed by atoms with Crippen LogP contribution in [0.3, 0.4) is 0 Å². The fourth-order valence-corrected chi connectivity index (χ4v) is 3.41. The van der Waals surface area contributed by atoms with Gasteiger partial charge in [-0.3, -0.25) is 14.2 Å². The van der Waals surface area contributed by atoms with E-state index in [9.17, 15) is 9.59 Å². The zero-order valence-corrected chi connectivity index (χ0v) is 16.7. The van der Waals surface area contributed by atoms with Crippen LogP contribution < -0.4 is 15.2 Å². The number of halogens is 1. The number of pyridine rings is 1. The Morgan fingerprint density at radius 1 is 1.14 bits per heavy atom. The van der Waals surface area contributed by atoms with Gasteiger partial charge in [0.2, 0.25) is 0 Å². The molecule has 0 spiro atoms. The van der Waals surface area contributed by atoms with Gasteiger partial charge in [0.05, 0.1) is 0 Å². The number of rotatable bonds is 4. The minimum atomic E-state index is -0.193. The molecule has 4 rings (SSSR count). The van der Waals surface area contributed by atoms with E-state index in [2.05, 4.69) is 9.97 Å². The fraction of sp³-hybridized carbons (Fsp3) is 0.300. The number of carbonyl (C=O) groups excluding carboxylic acids is 1. The Morgan fingerprint density at radius 2 is 1.86 bits per heavy atom. The average Bonchev–Trinajstić information content (AvgIpc) is 2.76. The highest BCUT2D eigenvalue weighted by Crippen LogP contribution is 2.16. The van der Waals surface area contributed by atoms with E-state index >= 15 is 0 Å². The number of hydrogen-bond donors (Lipinski definition) is 0. The maximum absolute atomic E-state index is 12.7. The third-order valence-corrected chi connectivity index (χ3v) is 5.17. The second kappa shape index (κ2) is 8.08. The summed E-state index contributed by atoms with van der Waals surface area (Å²) in [5, 5.41) is 0.615. The second-order valence-corrected chi connectivity index (χ2v) is 7.19. The predicted octanol–water partition coefficient (Wildman–Crippen LogP) is 1.71. The Kier molecular flexibility index (Phi) is 5.35. The molecule has 0 aliphatic carbocycles. The Labute approximate surface area is 172 Å². The molecule has 1 saturated heterocycles. The molecule has 0 N–H and O–H groups in total. The second-order valence-electron chi connectivity index (χ2n) is 6.76. The smallest absolute Gasteiger partial charge is 0.294 e. The summed E-state index contributed by atoms with van der Waals surface area (Å²) in [7, 11) is 1.69. The van der Waals surface area contributed by atoms with Gasteiger partial charge in [0.15, 0.2) is 18.1 Å². The SMILES string of the molecule is Cn1c(=O)c(N2CCN(C(=O)COc3ccc(Cl)cc3)CC2)nc2cccnc21. The van der Waals surface area contributed by atoms with Crippen LogP contribution in [0.25, 0.3) is 11.2 Å². The molecule has 1 amide bonds. The number of nitrogens with zero attached hydrogens (tertiary/aromatic N) is 5. The van der Waals surface area contributed by atoms with E-state index in [-0.39, 0.29) is 18.1 Å². The van der Waals surface area contributed by atoms with Gasteiger partial charge in [0.25, 0.3) is 11.5 Å². The molecule has 3 heterocycles. The zero-order valence-electron chi connectivity index (χ0n) is 15.9. The lowest BCUT2D eigenvalue weighted by molar-refractivity contribution is -0.133. The van der Waals surface area contributed by atoms with Crippen LogP contribution in [0.1, 0.15) is 0 Å². The summed E-state index contributed by atoms with van der Waals surface area (Å²) in [6.45, 7) is 2.02. The molecule has 3 aromatic rings. The molecule has 29 heavy (non-hydrogen) atoms. The first-order valence-electron chi connectivity index (χ1n) is 9.26. The van der Waals surface area contributed by atoms with Crippen LogP contribution in [-0.4, -0.2) is 58.1 Å². The lowest BCUT2D eigenvalue weighted by Crippen LogP contribution is -2.51. The van der Waals surface area contributed by atoms with E-state index < -0.39 is 0 Å². The largest absolute Gasteiger partial charge is 0.484 e. The van der Waals surface area contributed by atoms with Crippen molar-refractivity contribution >= 4 is 34.5 Å². The fourth-order valence-electron chi connectivity index (χ4n) is 3.28. The van der Waals surface area contributed by atoms with E-state index in [0.717, 1.165) is 0 Å². The van der Waals surface area contributed by atoms with Crippen LogP contribution >= 0.6 is 11.6 Å². The van der Waals surface area contributed by atoms with E-state index in [0.29, 0.717) is 53.9 Å². The van der Waals surface area contributed by atoms with Gasteiger partial charge >= 0.3 is 0 Å². The maximum atomic E-state index is 12.7. The number of carbonyl (C=O) groups is 1. The average molecular weight is 414 g/mol.